The van der Waals surface area contributed by atoms with E-state index in [4.69, 9.17) is 19.0 Å². The van der Waals surface area contributed by atoms with Gasteiger partial charge in [0, 0.05) is 26.1 Å². The van der Waals surface area contributed by atoms with E-state index >= 15 is 4.79 Å². The number of cyclic esters (lactones) is 1. The van der Waals surface area contributed by atoms with Crippen molar-refractivity contribution in [2.75, 3.05) is 26.2 Å². The lowest BCUT2D eigenvalue weighted by atomic mass is 9.79. The first kappa shape index (κ1) is 57.9. The summed E-state index contributed by atoms with van der Waals surface area (Å²) in [6.45, 7) is 11.2. The number of rotatable bonds is 12. The molecule has 406 valence electrons. The highest BCUT2D eigenvalue weighted by molar-refractivity contribution is 5.97. The van der Waals surface area contributed by atoms with E-state index in [1.54, 1.807) is 37.3 Å². The average molecular weight is 1030 g/mol. The second-order valence-corrected chi connectivity index (χ2v) is 19.9. The van der Waals surface area contributed by atoms with Crippen molar-refractivity contribution in [3.05, 3.63) is 35.9 Å². The Labute approximate surface area is 424 Å². The van der Waals surface area contributed by atoms with Gasteiger partial charge in [0.15, 0.2) is 11.6 Å². The predicted octanol–water partition coefficient (Wildman–Crippen LogP) is 0.0589. The molecule has 1 aromatic carbocycles. The third-order valence-corrected chi connectivity index (χ3v) is 13.5. The topological polar surface area (TPSA) is 324 Å². The summed E-state index contributed by atoms with van der Waals surface area (Å²) in [5.41, 5.74) is 3.52. The van der Waals surface area contributed by atoms with Gasteiger partial charge in [-0.3, -0.25) is 44.0 Å². The molecule has 4 aliphatic heterocycles. The third kappa shape index (κ3) is 14.2. The van der Waals surface area contributed by atoms with E-state index in [2.05, 4.69) is 26.8 Å². The van der Waals surface area contributed by atoms with Crippen LogP contribution < -0.4 is 26.8 Å². The van der Waals surface area contributed by atoms with Gasteiger partial charge < -0.3 is 45.2 Å². The number of hydrazine groups is 2. The molecule has 0 aromatic heterocycles. The van der Waals surface area contributed by atoms with Gasteiger partial charge in [-0.05, 0) is 89.5 Å². The normalized spacial score (nSPS) is 29.2. The Kier molecular flexibility index (Phi) is 20.1. The van der Waals surface area contributed by atoms with Gasteiger partial charge in [0.1, 0.15) is 36.9 Å². The molecule has 0 saturated carbocycles. The molecule has 4 heterocycles. The van der Waals surface area contributed by atoms with Crippen molar-refractivity contribution in [3.63, 3.8) is 0 Å². The van der Waals surface area contributed by atoms with Crippen LogP contribution in [0.15, 0.2) is 30.3 Å². The van der Waals surface area contributed by atoms with Gasteiger partial charge in [-0.25, -0.2) is 30.3 Å². The number of aliphatic hydroxyl groups is 2. The van der Waals surface area contributed by atoms with Crippen LogP contribution in [0.2, 0.25) is 0 Å². The Hall–Kier alpha value is -5.99. The molecule has 0 bridgehead atoms. The minimum Gasteiger partial charge on any atom is -0.458 e. The molecule has 10 atom stereocenters. The average Bonchev–Trinajstić information content (AvgIpc) is 3.36. The molecule has 4 saturated heterocycles. The van der Waals surface area contributed by atoms with Gasteiger partial charge in [-0.2, -0.15) is 5.06 Å². The summed E-state index contributed by atoms with van der Waals surface area (Å²) >= 11 is 0. The fourth-order valence-electron chi connectivity index (χ4n) is 9.10. The predicted molar refractivity (Wildman–Crippen MR) is 253 cm³/mol. The van der Waals surface area contributed by atoms with Gasteiger partial charge in [-0.15, -0.1) is 0 Å². The van der Waals surface area contributed by atoms with Gasteiger partial charge in [-0.1, -0.05) is 58.0 Å². The van der Waals surface area contributed by atoms with Crippen molar-refractivity contribution in [1.82, 2.24) is 46.9 Å². The Balaban J connectivity index is 1.51. The van der Waals surface area contributed by atoms with Gasteiger partial charge in [0.2, 0.25) is 11.7 Å². The Bertz CT molecular complexity index is 2170. The minimum absolute atomic E-state index is 0.00713. The molecule has 0 aliphatic carbocycles. The molecule has 4 fully saturated rings. The number of nitrogens with zero attached hydrogens (tertiary/aromatic N) is 4. The lowest BCUT2D eigenvalue weighted by Crippen LogP contribution is -2.70. The Morgan fingerprint density at radius 1 is 0.890 bits per heavy atom. The smallest absolute Gasteiger partial charge is 0.407 e. The molecular weight excluding hydrogens is 959 g/mol. The van der Waals surface area contributed by atoms with Gasteiger partial charge in [0.25, 0.3) is 29.5 Å². The largest absolute Gasteiger partial charge is 0.458 e. The summed E-state index contributed by atoms with van der Waals surface area (Å²) in [5, 5.41) is 44.5. The lowest BCUT2D eigenvalue weighted by Gasteiger charge is -2.47. The molecule has 25 nitrogen and oxygen atoms in total. The molecule has 0 spiro atoms. The number of carbonyl (C=O) groups excluding carboxylic acids is 9. The third-order valence-electron chi connectivity index (χ3n) is 13.5. The zero-order valence-electron chi connectivity index (χ0n) is 42.8. The first-order chi connectivity index (χ1) is 34.4. The monoisotopic (exact) mass is 1030 g/mol. The number of ether oxygens (including phenoxy) is 3. The highest BCUT2D eigenvalue weighted by Crippen LogP contribution is 2.40. The molecule has 1 aromatic rings. The maximum Gasteiger partial charge on any atom is 0.407 e. The number of esters is 1. The standard InChI is InChI=1S/C48H73N9O16/c1-27(2)24-33-18-20-48(68,72-31(33)7)47(8,67)45(65)53-38-39(28(3)4)71-44(64)30(6)56(69)41(61)34-16-12-21-51-54(34)36(58)25-50-40(60)29(5)57(42(62)35-17-13-22-52-55(35)43(38)63)73-37(59)19-23-49-46(66)70-26-32-14-10-9-11-15-32/h9-11,14-15,27-31,33-35,38-39,51-52,67-69H,12-13,16-26H2,1-8H3,(H,49,66)(H,50,60)(H,53,65). The zero-order valence-corrected chi connectivity index (χ0v) is 42.8. The van der Waals surface area contributed by atoms with Gasteiger partial charge >= 0.3 is 18.0 Å². The van der Waals surface area contributed by atoms with Crippen LogP contribution >= 0.6 is 0 Å². The summed E-state index contributed by atoms with van der Waals surface area (Å²) in [4.78, 5) is 132. The second-order valence-electron chi connectivity index (χ2n) is 19.9. The quantitative estimate of drug-likeness (QED) is 0.101. The molecule has 25 heteroatoms. The van der Waals surface area contributed by atoms with Crippen LogP contribution in [0.4, 0.5) is 4.79 Å². The molecule has 4 aliphatic rings. The summed E-state index contributed by atoms with van der Waals surface area (Å²) in [6, 6.07) is 0.234. The van der Waals surface area contributed by atoms with Gasteiger partial charge in [0.05, 0.1) is 19.1 Å². The van der Waals surface area contributed by atoms with E-state index in [-0.39, 0.29) is 68.8 Å². The number of hydrogen-bond acceptors (Lipinski definition) is 18. The molecular formula is C48H73N9O16. The van der Waals surface area contributed by atoms with E-state index in [1.165, 1.54) is 20.8 Å². The summed E-state index contributed by atoms with van der Waals surface area (Å²) < 4.78 is 17.1. The summed E-state index contributed by atoms with van der Waals surface area (Å²) in [5.74, 6) is -12.2. The van der Waals surface area contributed by atoms with Crippen LogP contribution in [0.25, 0.3) is 0 Å². The van der Waals surface area contributed by atoms with E-state index in [1.807, 2.05) is 13.8 Å². The Morgan fingerprint density at radius 2 is 1.52 bits per heavy atom. The highest BCUT2D eigenvalue weighted by Gasteiger charge is 2.57. The van der Waals surface area contributed by atoms with Crippen LogP contribution in [0.5, 0.6) is 0 Å². The summed E-state index contributed by atoms with van der Waals surface area (Å²) in [6.07, 6.45) is -2.40. The fourth-order valence-corrected chi connectivity index (χ4v) is 9.10. The van der Waals surface area contributed by atoms with Crippen molar-refractivity contribution in [3.8, 4) is 0 Å². The number of alkyl carbamates (subject to hydrolysis) is 1. The molecule has 8 N–H and O–H groups in total. The zero-order chi connectivity index (χ0) is 53.9. The number of hydroxylamine groups is 4. The second kappa shape index (κ2) is 25.3. The molecule has 10 unspecified atom stereocenters. The van der Waals surface area contributed by atoms with Crippen molar-refractivity contribution in [2.24, 2.45) is 17.8 Å². The molecule has 7 amide bonds. The Morgan fingerprint density at radius 3 is 2.14 bits per heavy atom. The number of nitrogens with one attached hydrogen (secondary N) is 5. The van der Waals surface area contributed by atoms with E-state index in [0.717, 1.165) is 30.3 Å². The number of hydrogen-bond donors (Lipinski definition) is 8. The van der Waals surface area contributed by atoms with Crippen LogP contribution in [0.1, 0.15) is 112 Å². The lowest BCUT2D eigenvalue weighted by molar-refractivity contribution is -0.326. The van der Waals surface area contributed by atoms with Crippen molar-refractivity contribution in [1.29, 1.82) is 0 Å². The van der Waals surface area contributed by atoms with Crippen LogP contribution in [0.3, 0.4) is 0 Å². The van der Waals surface area contributed by atoms with E-state index in [0.29, 0.717) is 23.5 Å². The van der Waals surface area contributed by atoms with Crippen molar-refractivity contribution < 1.29 is 77.6 Å². The molecule has 5 rings (SSSR count). The number of carbonyl (C=O) groups is 9. The van der Waals surface area contributed by atoms with E-state index < -0.39 is 126 Å². The van der Waals surface area contributed by atoms with Crippen LogP contribution in [-0.4, -0.2) is 169 Å². The molecule has 0 radical (unpaired) electrons. The molecule has 73 heavy (non-hydrogen) atoms. The highest BCUT2D eigenvalue weighted by atomic mass is 16.7. The van der Waals surface area contributed by atoms with Crippen LogP contribution in [-0.2, 0) is 64.0 Å². The first-order valence-corrected chi connectivity index (χ1v) is 24.9. The number of amides is 7. The van der Waals surface area contributed by atoms with Crippen LogP contribution in [0, 0.1) is 17.8 Å². The van der Waals surface area contributed by atoms with Crippen molar-refractivity contribution >= 4 is 53.5 Å². The van der Waals surface area contributed by atoms with Crippen molar-refractivity contribution in [2.45, 2.75) is 167 Å². The SMILES string of the molecule is CC(C)CC1CCC(O)(C(C)(O)C(=O)NC2C(=O)N3NCCCC3C(=O)N(OC(=O)CCNC(=O)OCc3ccccc3)C(C)C(=O)NCC(=O)N3NCCCC3C(=O)N(O)C(C)C(=O)OC2C(C)C)OC1C. The number of fused-ring (bicyclic) bond motifs is 2. The number of benzene rings is 1. The maximum absolute atomic E-state index is 15.2. The fraction of sp³-hybridized carbons (Fsp3) is 0.688. The first-order valence-electron chi connectivity index (χ1n) is 24.9. The minimum atomic E-state index is -2.77. The van der Waals surface area contributed by atoms with E-state index in [9.17, 15) is 53.8 Å². The maximum atomic E-state index is 15.2. The summed E-state index contributed by atoms with van der Waals surface area (Å²) in [7, 11) is 0.